The molecule has 1 fully saturated rings. The molecule has 1 amide bonds. The molecule has 2 aromatic carbocycles. The summed E-state index contributed by atoms with van der Waals surface area (Å²) < 4.78 is 0. The van der Waals surface area contributed by atoms with Crippen molar-refractivity contribution in [3.05, 3.63) is 71.4 Å². The average molecular weight is 474 g/mol. The van der Waals surface area contributed by atoms with E-state index in [4.69, 9.17) is 16.9 Å². The van der Waals surface area contributed by atoms with Gasteiger partial charge in [-0.1, -0.05) is 42.4 Å². The molecule has 1 aliphatic rings. The van der Waals surface area contributed by atoms with Gasteiger partial charge in [0, 0.05) is 29.6 Å². The summed E-state index contributed by atoms with van der Waals surface area (Å²) in [6.45, 7) is 6.85. The number of benzene rings is 2. The number of hydrogen-bond acceptors (Lipinski definition) is 5. The fourth-order valence-corrected chi connectivity index (χ4v) is 4.41. The molecule has 0 spiro atoms. The van der Waals surface area contributed by atoms with Crippen molar-refractivity contribution in [1.82, 2.24) is 15.2 Å². The van der Waals surface area contributed by atoms with Crippen molar-refractivity contribution in [1.29, 1.82) is 5.26 Å². The van der Waals surface area contributed by atoms with Gasteiger partial charge in [0.15, 0.2) is 0 Å². The number of rotatable bonds is 7. The summed E-state index contributed by atoms with van der Waals surface area (Å²) in [5, 5.41) is 17.8. The van der Waals surface area contributed by atoms with Crippen LogP contribution in [0.2, 0.25) is 5.02 Å². The van der Waals surface area contributed by atoms with E-state index in [1.807, 2.05) is 48.5 Å². The molecule has 34 heavy (non-hydrogen) atoms. The Morgan fingerprint density at radius 1 is 1.24 bits per heavy atom. The summed E-state index contributed by atoms with van der Waals surface area (Å²) in [4.78, 5) is 19.7. The van der Waals surface area contributed by atoms with Gasteiger partial charge in [-0.15, -0.1) is 0 Å². The number of carbonyl (C=O) groups excluding carboxylic acids is 1. The Balaban J connectivity index is 1.54. The standard InChI is InChI=1S/C27H28ClN5O/c1-18(15-29)16-30-26-22-14-21(7-6-20(22)8-9-23(26)28)24-4-3-5-25(32-24)27(34)31-17-19-10-12-33(2)13-11-19/h3-9,14,19,30H,1,10-13,16-17H2,2H3,(H,31,34). The lowest BCUT2D eigenvalue weighted by Gasteiger charge is -2.28. The number of nitrogens with zero attached hydrogens (tertiary/aromatic N) is 3. The largest absolute Gasteiger partial charge is 0.379 e. The molecular formula is C27H28ClN5O. The molecule has 6 nitrogen and oxygen atoms in total. The third-order valence-corrected chi connectivity index (χ3v) is 6.59. The maximum absolute atomic E-state index is 12.8. The fraction of sp³-hybridized carbons (Fsp3) is 0.296. The molecule has 174 valence electrons. The van der Waals surface area contributed by atoms with E-state index >= 15 is 0 Å². The van der Waals surface area contributed by atoms with Crippen LogP contribution in [-0.4, -0.2) is 49.0 Å². The van der Waals surface area contributed by atoms with Crippen molar-refractivity contribution < 1.29 is 4.79 Å². The summed E-state index contributed by atoms with van der Waals surface area (Å²) in [6.07, 6.45) is 2.20. The van der Waals surface area contributed by atoms with Crippen molar-refractivity contribution in [2.24, 2.45) is 5.92 Å². The number of piperidine rings is 1. The highest BCUT2D eigenvalue weighted by Crippen LogP contribution is 2.34. The number of hydrogen-bond donors (Lipinski definition) is 2. The van der Waals surface area contributed by atoms with Crippen LogP contribution in [0.3, 0.4) is 0 Å². The van der Waals surface area contributed by atoms with Gasteiger partial charge in [0.2, 0.25) is 0 Å². The molecule has 0 bridgehead atoms. The Morgan fingerprint density at radius 2 is 2.00 bits per heavy atom. The van der Waals surface area contributed by atoms with Gasteiger partial charge in [-0.3, -0.25) is 4.79 Å². The van der Waals surface area contributed by atoms with Crippen LogP contribution in [0.1, 0.15) is 23.3 Å². The molecule has 4 rings (SSSR count). The van der Waals surface area contributed by atoms with Gasteiger partial charge >= 0.3 is 0 Å². The van der Waals surface area contributed by atoms with Crippen molar-refractivity contribution in [3.63, 3.8) is 0 Å². The second-order valence-corrected chi connectivity index (χ2v) is 9.20. The molecule has 1 aliphatic heterocycles. The predicted octanol–water partition coefficient (Wildman–Crippen LogP) is 5.12. The zero-order valence-electron chi connectivity index (χ0n) is 19.3. The van der Waals surface area contributed by atoms with Crippen LogP contribution in [-0.2, 0) is 0 Å². The van der Waals surface area contributed by atoms with E-state index in [-0.39, 0.29) is 5.91 Å². The van der Waals surface area contributed by atoms with Gasteiger partial charge in [-0.25, -0.2) is 4.98 Å². The molecule has 7 heteroatoms. The number of anilines is 1. The molecule has 2 N–H and O–H groups in total. The predicted molar refractivity (Wildman–Crippen MR) is 138 cm³/mol. The fourth-order valence-electron chi connectivity index (χ4n) is 4.18. The molecule has 1 saturated heterocycles. The first kappa shape index (κ1) is 23.7. The van der Waals surface area contributed by atoms with Crippen LogP contribution < -0.4 is 10.6 Å². The summed E-state index contributed by atoms with van der Waals surface area (Å²) >= 11 is 6.46. The van der Waals surface area contributed by atoms with E-state index in [0.717, 1.165) is 48.0 Å². The van der Waals surface area contributed by atoms with E-state index in [1.165, 1.54) is 0 Å². The smallest absolute Gasteiger partial charge is 0.269 e. The first-order valence-electron chi connectivity index (χ1n) is 11.4. The molecule has 0 atom stereocenters. The summed E-state index contributed by atoms with van der Waals surface area (Å²) in [5.41, 5.74) is 3.15. The van der Waals surface area contributed by atoms with E-state index in [1.54, 1.807) is 6.07 Å². The van der Waals surface area contributed by atoms with E-state index in [0.29, 0.717) is 41.0 Å². The van der Waals surface area contributed by atoms with E-state index in [2.05, 4.69) is 34.1 Å². The molecule has 3 aromatic rings. The average Bonchev–Trinajstić information content (AvgIpc) is 2.87. The number of aromatic nitrogens is 1. The van der Waals surface area contributed by atoms with Gasteiger partial charge in [0.1, 0.15) is 5.69 Å². The third kappa shape index (κ3) is 5.56. The minimum absolute atomic E-state index is 0.151. The second-order valence-electron chi connectivity index (χ2n) is 8.79. The number of amides is 1. The molecule has 0 saturated carbocycles. The van der Waals surface area contributed by atoms with Gasteiger partial charge in [-0.05, 0) is 68.5 Å². The zero-order chi connectivity index (χ0) is 24.1. The Bertz CT molecular complexity index is 1260. The number of carbonyl (C=O) groups is 1. The summed E-state index contributed by atoms with van der Waals surface area (Å²) in [6, 6.07) is 17.3. The Kier molecular flexibility index (Phi) is 7.46. The van der Waals surface area contributed by atoms with Crippen LogP contribution in [0.5, 0.6) is 0 Å². The van der Waals surface area contributed by atoms with Crippen LogP contribution in [0.15, 0.2) is 60.7 Å². The molecule has 0 aliphatic carbocycles. The minimum Gasteiger partial charge on any atom is -0.379 e. The van der Waals surface area contributed by atoms with E-state index < -0.39 is 0 Å². The zero-order valence-corrected chi connectivity index (χ0v) is 20.0. The topological polar surface area (TPSA) is 81.0 Å². The Hall–Kier alpha value is -3.40. The van der Waals surface area contributed by atoms with Crippen molar-refractivity contribution in [2.75, 3.05) is 38.5 Å². The SMILES string of the molecule is C=C(C#N)CNc1c(Cl)ccc2ccc(-c3cccc(C(=O)NCC4CCN(C)CC4)n3)cc12. The van der Waals surface area contributed by atoms with Gasteiger partial charge in [0.25, 0.3) is 5.91 Å². The highest BCUT2D eigenvalue weighted by molar-refractivity contribution is 6.35. The van der Waals surface area contributed by atoms with Crippen LogP contribution in [0, 0.1) is 17.2 Å². The maximum Gasteiger partial charge on any atom is 0.269 e. The van der Waals surface area contributed by atoms with Crippen molar-refractivity contribution in [2.45, 2.75) is 12.8 Å². The first-order chi connectivity index (χ1) is 16.4. The molecule has 0 unspecified atom stereocenters. The quantitative estimate of drug-likeness (QED) is 0.465. The maximum atomic E-state index is 12.8. The lowest BCUT2D eigenvalue weighted by molar-refractivity contribution is 0.0934. The summed E-state index contributed by atoms with van der Waals surface area (Å²) in [7, 11) is 2.13. The lowest BCUT2D eigenvalue weighted by Crippen LogP contribution is -2.37. The molecule has 1 aromatic heterocycles. The van der Waals surface area contributed by atoms with E-state index in [9.17, 15) is 4.79 Å². The molecular weight excluding hydrogens is 446 g/mol. The Labute approximate surface area is 205 Å². The summed E-state index contributed by atoms with van der Waals surface area (Å²) in [5.74, 6) is 0.360. The number of pyridine rings is 1. The molecule has 2 heterocycles. The van der Waals surface area contributed by atoms with Crippen LogP contribution in [0.4, 0.5) is 5.69 Å². The third-order valence-electron chi connectivity index (χ3n) is 6.27. The van der Waals surface area contributed by atoms with Gasteiger partial charge in [-0.2, -0.15) is 5.26 Å². The lowest BCUT2D eigenvalue weighted by atomic mass is 9.97. The number of likely N-dealkylation sites (tertiary alicyclic amines) is 1. The number of nitrogens with one attached hydrogen (secondary N) is 2. The normalized spacial score (nSPS) is 14.5. The van der Waals surface area contributed by atoms with Crippen molar-refractivity contribution >= 4 is 34.0 Å². The van der Waals surface area contributed by atoms with Crippen LogP contribution in [0.25, 0.3) is 22.0 Å². The minimum atomic E-state index is -0.151. The van der Waals surface area contributed by atoms with Gasteiger partial charge in [0.05, 0.1) is 22.5 Å². The monoisotopic (exact) mass is 473 g/mol. The second kappa shape index (κ2) is 10.7. The van der Waals surface area contributed by atoms with Gasteiger partial charge < -0.3 is 15.5 Å². The number of halogens is 1. The van der Waals surface area contributed by atoms with Crippen molar-refractivity contribution in [3.8, 4) is 17.3 Å². The number of nitriles is 1. The first-order valence-corrected chi connectivity index (χ1v) is 11.8. The van der Waals surface area contributed by atoms with Crippen LogP contribution >= 0.6 is 11.6 Å². The molecule has 0 radical (unpaired) electrons. The number of fused-ring (bicyclic) bond motifs is 1. The Morgan fingerprint density at radius 3 is 2.76 bits per heavy atom. The highest BCUT2D eigenvalue weighted by atomic mass is 35.5. The highest BCUT2D eigenvalue weighted by Gasteiger charge is 2.18.